The fourth-order valence-corrected chi connectivity index (χ4v) is 6.08. The summed E-state index contributed by atoms with van der Waals surface area (Å²) in [6.45, 7) is 4.79. The third-order valence-electron chi connectivity index (χ3n) is 7.09. The van der Waals surface area contributed by atoms with Gasteiger partial charge in [-0.2, -0.15) is 0 Å². The standard InChI is InChI=1S/C23H29N3O3S.C4H4O4/c27-21-22(26(18-24-21)19-6-2-1-3-7-19)10-13-25(14-11-22)12-5-9-23(28-15-16-29-23)20-8-4-17-30-20;5-3(6)1-2-4(7)8/h1-4,6-8,17H,5,9-16,18H2,(H,24,27);1-2H,(H,5,6)(H,7,8). The smallest absolute Gasteiger partial charge is 0.328 e. The van der Waals surface area contributed by atoms with Crippen molar-refractivity contribution in [3.05, 3.63) is 64.9 Å². The first kappa shape index (κ1) is 27.8. The Morgan fingerprint density at radius 3 is 2.24 bits per heavy atom. The van der Waals surface area contributed by atoms with Gasteiger partial charge in [-0.25, -0.2) is 9.59 Å². The third kappa shape index (κ3) is 6.41. The quantitative estimate of drug-likeness (QED) is 0.431. The fourth-order valence-electron chi connectivity index (χ4n) is 5.22. The highest BCUT2D eigenvalue weighted by Crippen LogP contribution is 2.39. The van der Waals surface area contributed by atoms with Crippen LogP contribution in [-0.4, -0.2) is 78.0 Å². The number of nitrogens with one attached hydrogen (secondary N) is 1. The molecule has 5 rings (SSSR count). The number of amides is 1. The summed E-state index contributed by atoms with van der Waals surface area (Å²) in [4.78, 5) is 37.8. The van der Waals surface area contributed by atoms with Crippen LogP contribution in [0.3, 0.4) is 0 Å². The van der Waals surface area contributed by atoms with Gasteiger partial charge >= 0.3 is 11.9 Å². The molecule has 10 nitrogen and oxygen atoms in total. The lowest BCUT2D eigenvalue weighted by molar-refractivity contribution is -0.169. The summed E-state index contributed by atoms with van der Waals surface area (Å²) in [5.74, 6) is -2.89. The molecule has 0 saturated carbocycles. The second kappa shape index (κ2) is 12.5. The van der Waals surface area contributed by atoms with Crippen molar-refractivity contribution in [2.24, 2.45) is 0 Å². The summed E-state index contributed by atoms with van der Waals surface area (Å²) < 4.78 is 12.1. The summed E-state index contributed by atoms with van der Waals surface area (Å²) in [5.41, 5.74) is 0.714. The Balaban J connectivity index is 0.000000368. The van der Waals surface area contributed by atoms with Crippen LogP contribution in [0.1, 0.15) is 30.6 Å². The van der Waals surface area contributed by atoms with Gasteiger partial charge in [0.15, 0.2) is 0 Å². The molecule has 2 aromatic rings. The van der Waals surface area contributed by atoms with E-state index in [0.29, 0.717) is 32.0 Å². The predicted octanol–water partition coefficient (Wildman–Crippen LogP) is 2.87. The molecular formula is C27H33N3O7S. The van der Waals surface area contributed by atoms with Crippen molar-refractivity contribution in [3.63, 3.8) is 0 Å². The molecule has 0 radical (unpaired) electrons. The zero-order chi connectivity index (χ0) is 27.0. The van der Waals surface area contributed by atoms with Gasteiger partial charge in [0.1, 0.15) is 5.54 Å². The topological polar surface area (TPSA) is 129 Å². The Hall–Kier alpha value is -3.25. The van der Waals surface area contributed by atoms with Crippen LogP contribution in [0.25, 0.3) is 0 Å². The van der Waals surface area contributed by atoms with Crippen LogP contribution >= 0.6 is 11.3 Å². The minimum absolute atomic E-state index is 0.176. The minimum atomic E-state index is -1.26. The van der Waals surface area contributed by atoms with E-state index in [1.807, 2.05) is 18.2 Å². The first-order valence-electron chi connectivity index (χ1n) is 12.6. The largest absolute Gasteiger partial charge is 0.478 e. The van der Waals surface area contributed by atoms with Gasteiger partial charge in [0, 0.05) is 37.3 Å². The number of piperidine rings is 1. The second-order valence-electron chi connectivity index (χ2n) is 9.34. The number of thiophene rings is 1. The fraction of sp³-hybridized carbons (Fsp3) is 0.444. The molecule has 0 bridgehead atoms. The maximum atomic E-state index is 12.8. The minimum Gasteiger partial charge on any atom is -0.478 e. The van der Waals surface area contributed by atoms with E-state index in [1.165, 1.54) is 4.88 Å². The Morgan fingerprint density at radius 2 is 1.66 bits per heavy atom. The SMILES string of the molecule is O=C(O)C=CC(=O)O.O=C1NCN(c2ccccc2)C12CCN(CCCC1(c3cccs3)OCCO1)CC2. The van der Waals surface area contributed by atoms with Crippen molar-refractivity contribution in [2.45, 2.75) is 37.0 Å². The number of aliphatic carboxylic acids is 2. The summed E-state index contributed by atoms with van der Waals surface area (Å²) in [7, 11) is 0. The number of ether oxygens (including phenoxy) is 2. The van der Waals surface area contributed by atoms with Gasteiger partial charge in [-0.15, -0.1) is 11.3 Å². The van der Waals surface area contributed by atoms with E-state index in [2.05, 4.69) is 44.8 Å². The first-order chi connectivity index (χ1) is 18.3. The summed E-state index contributed by atoms with van der Waals surface area (Å²) in [6.07, 6.45) is 4.71. The molecule has 3 aliphatic rings. The van der Waals surface area contributed by atoms with Crippen LogP contribution in [0.15, 0.2) is 60.0 Å². The van der Waals surface area contributed by atoms with E-state index in [-0.39, 0.29) is 5.91 Å². The maximum absolute atomic E-state index is 12.8. The van der Waals surface area contributed by atoms with Gasteiger partial charge in [0.05, 0.1) is 24.8 Å². The molecule has 0 atom stereocenters. The number of likely N-dealkylation sites (tertiary alicyclic amines) is 1. The van der Waals surface area contributed by atoms with Crippen LogP contribution in [0, 0.1) is 0 Å². The molecule has 0 aliphatic carbocycles. The lowest BCUT2D eigenvalue weighted by Gasteiger charge is -2.43. The van der Waals surface area contributed by atoms with Crippen LogP contribution in [0.2, 0.25) is 0 Å². The van der Waals surface area contributed by atoms with Gasteiger partial charge in [-0.3, -0.25) is 4.79 Å². The molecular weight excluding hydrogens is 510 g/mol. The van der Waals surface area contributed by atoms with E-state index >= 15 is 0 Å². The van der Waals surface area contributed by atoms with Gasteiger partial charge < -0.3 is 34.8 Å². The number of nitrogens with zero attached hydrogens (tertiary/aromatic N) is 2. The number of rotatable bonds is 8. The average molecular weight is 544 g/mol. The van der Waals surface area contributed by atoms with Crippen molar-refractivity contribution in [1.29, 1.82) is 0 Å². The number of hydrogen-bond acceptors (Lipinski definition) is 8. The maximum Gasteiger partial charge on any atom is 0.328 e. The predicted molar refractivity (Wildman–Crippen MR) is 142 cm³/mol. The Kier molecular flexibility index (Phi) is 9.16. The summed E-state index contributed by atoms with van der Waals surface area (Å²) in [5, 5.41) is 20.8. The monoisotopic (exact) mass is 543 g/mol. The molecule has 38 heavy (non-hydrogen) atoms. The van der Waals surface area contributed by atoms with Crippen molar-refractivity contribution < 1.29 is 34.1 Å². The van der Waals surface area contributed by atoms with Gasteiger partial charge in [0.25, 0.3) is 0 Å². The highest BCUT2D eigenvalue weighted by atomic mass is 32.1. The molecule has 4 heterocycles. The van der Waals surface area contributed by atoms with Gasteiger partial charge in [-0.1, -0.05) is 24.3 Å². The lowest BCUT2D eigenvalue weighted by atomic mass is 9.85. The highest BCUT2D eigenvalue weighted by molar-refractivity contribution is 7.10. The number of benzene rings is 1. The third-order valence-corrected chi connectivity index (χ3v) is 8.08. The van der Waals surface area contributed by atoms with Crippen molar-refractivity contribution >= 4 is 34.9 Å². The zero-order valence-electron chi connectivity index (χ0n) is 21.1. The summed E-state index contributed by atoms with van der Waals surface area (Å²) >= 11 is 1.70. The Morgan fingerprint density at radius 1 is 1.00 bits per heavy atom. The average Bonchev–Trinajstić information content (AvgIpc) is 3.68. The number of para-hydroxylation sites is 1. The molecule has 1 spiro atoms. The van der Waals surface area contributed by atoms with Crippen molar-refractivity contribution in [3.8, 4) is 0 Å². The molecule has 1 amide bonds. The number of carbonyl (C=O) groups excluding carboxylic acids is 1. The molecule has 1 aromatic heterocycles. The highest BCUT2D eigenvalue weighted by Gasteiger charge is 2.50. The van der Waals surface area contributed by atoms with E-state index in [1.54, 1.807) is 11.3 Å². The number of hydrogen-bond donors (Lipinski definition) is 3. The second-order valence-corrected chi connectivity index (χ2v) is 10.3. The van der Waals surface area contributed by atoms with Crippen LogP contribution in [-0.2, 0) is 29.6 Å². The van der Waals surface area contributed by atoms with Crippen molar-refractivity contribution in [1.82, 2.24) is 10.2 Å². The van der Waals surface area contributed by atoms with Gasteiger partial charge in [0.2, 0.25) is 11.7 Å². The van der Waals surface area contributed by atoms with E-state index in [9.17, 15) is 14.4 Å². The van der Waals surface area contributed by atoms with Crippen LogP contribution < -0.4 is 10.2 Å². The molecule has 3 saturated heterocycles. The van der Waals surface area contributed by atoms with E-state index < -0.39 is 23.3 Å². The molecule has 3 N–H and O–H groups in total. The van der Waals surface area contributed by atoms with E-state index in [4.69, 9.17) is 19.7 Å². The molecule has 11 heteroatoms. The molecule has 1 aromatic carbocycles. The number of carbonyl (C=O) groups is 3. The Labute approximate surface area is 225 Å². The Bertz CT molecular complexity index is 1090. The molecule has 0 unspecified atom stereocenters. The molecule has 3 aliphatic heterocycles. The molecule has 3 fully saturated rings. The van der Waals surface area contributed by atoms with Gasteiger partial charge in [-0.05, 0) is 49.4 Å². The number of carboxylic acids is 2. The number of anilines is 1. The number of carboxylic acid groups (broad SMARTS) is 2. The van der Waals surface area contributed by atoms with Crippen molar-refractivity contribution in [2.75, 3.05) is 44.4 Å². The van der Waals surface area contributed by atoms with Crippen LogP contribution in [0.5, 0.6) is 0 Å². The lowest BCUT2D eigenvalue weighted by Crippen LogP contribution is -2.56. The zero-order valence-corrected chi connectivity index (χ0v) is 21.9. The van der Waals surface area contributed by atoms with Crippen LogP contribution in [0.4, 0.5) is 5.69 Å². The summed E-state index contributed by atoms with van der Waals surface area (Å²) in [6, 6.07) is 14.5. The first-order valence-corrected chi connectivity index (χ1v) is 13.5. The normalized spacial score (nSPS) is 20.3. The molecule has 204 valence electrons. The van der Waals surface area contributed by atoms with E-state index in [0.717, 1.165) is 51.0 Å².